The maximum atomic E-state index is 13.3. The molecule has 4 aromatic rings. The zero-order valence-corrected chi connectivity index (χ0v) is 13.9. The van der Waals surface area contributed by atoms with Gasteiger partial charge < -0.3 is 0 Å². The van der Waals surface area contributed by atoms with Crippen LogP contribution in [0.4, 0.5) is 0 Å². The monoisotopic (exact) mass is 323 g/mol. The van der Waals surface area contributed by atoms with Crippen LogP contribution in [0.3, 0.4) is 0 Å². The van der Waals surface area contributed by atoms with E-state index >= 15 is 0 Å². The van der Waals surface area contributed by atoms with E-state index < -0.39 is 0 Å². The lowest BCUT2D eigenvalue weighted by atomic mass is 9.92. The zero-order chi connectivity index (χ0) is 17.2. The smallest absolute Gasteiger partial charge is 0.195 e. The number of carbonyl (C=O) groups is 1. The molecular formula is C23H17NO. The molecule has 0 saturated heterocycles. The minimum Gasteiger partial charge on any atom is -0.289 e. The first-order chi connectivity index (χ1) is 12.3. The van der Waals surface area contributed by atoms with Gasteiger partial charge in [0.25, 0.3) is 0 Å². The molecule has 1 heterocycles. The predicted octanol–water partition coefficient (Wildman–Crippen LogP) is 5.44. The summed E-state index contributed by atoms with van der Waals surface area (Å²) < 4.78 is 0. The van der Waals surface area contributed by atoms with Crippen molar-refractivity contribution in [1.82, 2.24) is 4.98 Å². The van der Waals surface area contributed by atoms with Crippen LogP contribution in [0.5, 0.6) is 0 Å². The van der Waals surface area contributed by atoms with Gasteiger partial charge in [0.05, 0.1) is 16.8 Å². The summed E-state index contributed by atoms with van der Waals surface area (Å²) in [5.74, 6) is 0.00945. The third-order valence-electron chi connectivity index (χ3n) is 4.46. The molecule has 2 heteroatoms. The maximum Gasteiger partial charge on any atom is 0.195 e. The number of para-hydroxylation sites is 1. The highest BCUT2D eigenvalue weighted by Crippen LogP contribution is 2.31. The molecule has 0 radical (unpaired) electrons. The zero-order valence-electron chi connectivity index (χ0n) is 13.9. The number of carbonyl (C=O) groups excluding carboxylic acids is 1. The first kappa shape index (κ1) is 15.3. The summed E-state index contributed by atoms with van der Waals surface area (Å²) >= 11 is 0. The second kappa shape index (κ2) is 6.33. The van der Waals surface area contributed by atoms with Crippen LogP contribution in [-0.4, -0.2) is 10.8 Å². The molecule has 0 bridgehead atoms. The van der Waals surface area contributed by atoms with E-state index in [1.54, 1.807) is 0 Å². The van der Waals surface area contributed by atoms with Crippen LogP contribution >= 0.6 is 0 Å². The van der Waals surface area contributed by atoms with Crippen LogP contribution in [-0.2, 0) is 0 Å². The fraction of sp³-hybridized carbons (Fsp3) is 0.0435. The molecule has 4 rings (SSSR count). The van der Waals surface area contributed by atoms with Gasteiger partial charge in [-0.05, 0) is 18.6 Å². The topological polar surface area (TPSA) is 30.0 Å². The lowest BCUT2D eigenvalue weighted by Gasteiger charge is -2.14. The number of pyridine rings is 1. The molecule has 0 unspecified atom stereocenters. The molecule has 25 heavy (non-hydrogen) atoms. The van der Waals surface area contributed by atoms with Crippen molar-refractivity contribution in [2.24, 2.45) is 0 Å². The predicted molar refractivity (Wildman–Crippen MR) is 102 cm³/mol. The lowest BCUT2D eigenvalue weighted by Crippen LogP contribution is -2.08. The van der Waals surface area contributed by atoms with Crippen molar-refractivity contribution >= 4 is 16.7 Å². The minimum atomic E-state index is 0.00945. The third-order valence-corrected chi connectivity index (χ3v) is 4.46. The average molecular weight is 323 g/mol. The normalized spacial score (nSPS) is 10.8. The SMILES string of the molecule is Cc1c(C(=O)c2ccccc2)c(-c2ccccc2)nc2ccccc12. The largest absolute Gasteiger partial charge is 0.289 e. The van der Waals surface area contributed by atoms with E-state index in [4.69, 9.17) is 4.98 Å². The van der Waals surface area contributed by atoms with Crippen LogP contribution in [0.1, 0.15) is 21.5 Å². The van der Waals surface area contributed by atoms with Crippen LogP contribution in [0.15, 0.2) is 84.9 Å². The summed E-state index contributed by atoms with van der Waals surface area (Å²) in [5.41, 5.74) is 4.93. The van der Waals surface area contributed by atoms with Gasteiger partial charge in [-0.3, -0.25) is 4.79 Å². The molecule has 120 valence electrons. The number of aryl methyl sites for hydroxylation is 1. The molecule has 3 aromatic carbocycles. The third kappa shape index (κ3) is 2.72. The van der Waals surface area contributed by atoms with Crippen LogP contribution in [0, 0.1) is 6.92 Å². The van der Waals surface area contributed by atoms with E-state index in [2.05, 4.69) is 0 Å². The van der Waals surface area contributed by atoms with Gasteiger partial charge >= 0.3 is 0 Å². The molecule has 2 nitrogen and oxygen atoms in total. The van der Waals surface area contributed by atoms with E-state index in [-0.39, 0.29) is 5.78 Å². The van der Waals surface area contributed by atoms with E-state index in [0.717, 1.165) is 27.7 Å². The molecule has 0 spiro atoms. The van der Waals surface area contributed by atoms with Gasteiger partial charge in [0, 0.05) is 16.5 Å². The van der Waals surface area contributed by atoms with Gasteiger partial charge in [0.2, 0.25) is 0 Å². The Morgan fingerprint density at radius 3 is 2.08 bits per heavy atom. The summed E-state index contributed by atoms with van der Waals surface area (Å²) in [6, 6.07) is 27.3. The number of fused-ring (bicyclic) bond motifs is 1. The number of rotatable bonds is 3. The van der Waals surface area contributed by atoms with Gasteiger partial charge in [-0.2, -0.15) is 0 Å². The van der Waals surface area contributed by atoms with E-state index in [9.17, 15) is 4.79 Å². The summed E-state index contributed by atoms with van der Waals surface area (Å²) in [6.07, 6.45) is 0. The Morgan fingerprint density at radius 2 is 1.36 bits per heavy atom. The van der Waals surface area contributed by atoms with Crippen molar-refractivity contribution in [3.05, 3.63) is 102 Å². The van der Waals surface area contributed by atoms with Gasteiger partial charge in [0.15, 0.2) is 5.78 Å². The maximum absolute atomic E-state index is 13.3. The van der Waals surface area contributed by atoms with Crippen molar-refractivity contribution in [1.29, 1.82) is 0 Å². The van der Waals surface area contributed by atoms with Crippen LogP contribution in [0.25, 0.3) is 22.2 Å². The first-order valence-electron chi connectivity index (χ1n) is 8.30. The second-order valence-electron chi connectivity index (χ2n) is 6.04. The van der Waals surface area contributed by atoms with Crippen molar-refractivity contribution in [2.75, 3.05) is 0 Å². The Labute approximate surface area is 146 Å². The molecule has 0 saturated carbocycles. The van der Waals surface area contributed by atoms with Gasteiger partial charge in [0.1, 0.15) is 0 Å². The fourth-order valence-corrected chi connectivity index (χ4v) is 3.19. The molecular weight excluding hydrogens is 306 g/mol. The number of benzene rings is 3. The number of ketones is 1. The van der Waals surface area contributed by atoms with E-state index in [1.165, 1.54) is 0 Å². The Kier molecular flexibility index (Phi) is 3.87. The van der Waals surface area contributed by atoms with Crippen molar-refractivity contribution in [3.8, 4) is 11.3 Å². The average Bonchev–Trinajstić information content (AvgIpc) is 2.69. The molecule has 0 atom stereocenters. The van der Waals surface area contributed by atoms with Crippen molar-refractivity contribution in [2.45, 2.75) is 6.92 Å². The molecule has 0 aliphatic rings. The molecule has 1 aromatic heterocycles. The quantitative estimate of drug-likeness (QED) is 0.470. The van der Waals surface area contributed by atoms with Gasteiger partial charge in [-0.1, -0.05) is 78.9 Å². The summed E-state index contributed by atoms with van der Waals surface area (Å²) in [4.78, 5) is 18.1. The lowest BCUT2D eigenvalue weighted by molar-refractivity contribution is 0.103. The Hall–Kier alpha value is -3.26. The Morgan fingerprint density at radius 1 is 0.760 bits per heavy atom. The summed E-state index contributed by atoms with van der Waals surface area (Å²) in [6.45, 7) is 2.01. The number of hydrogen-bond donors (Lipinski definition) is 0. The van der Waals surface area contributed by atoms with Crippen molar-refractivity contribution in [3.63, 3.8) is 0 Å². The first-order valence-corrected chi connectivity index (χ1v) is 8.30. The fourth-order valence-electron chi connectivity index (χ4n) is 3.19. The molecule has 0 amide bonds. The number of nitrogens with zero attached hydrogens (tertiary/aromatic N) is 1. The number of aromatic nitrogens is 1. The Balaban J connectivity index is 2.04. The van der Waals surface area contributed by atoms with Gasteiger partial charge in [-0.15, -0.1) is 0 Å². The highest BCUT2D eigenvalue weighted by atomic mass is 16.1. The summed E-state index contributed by atoms with van der Waals surface area (Å²) in [5, 5.41) is 1.02. The Bertz CT molecular complexity index is 1050. The second-order valence-corrected chi connectivity index (χ2v) is 6.04. The highest BCUT2D eigenvalue weighted by molar-refractivity contribution is 6.15. The minimum absolute atomic E-state index is 0.00945. The van der Waals surface area contributed by atoms with Crippen LogP contribution in [0.2, 0.25) is 0 Å². The summed E-state index contributed by atoms with van der Waals surface area (Å²) in [7, 11) is 0. The standard InChI is InChI=1S/C23H17NO/c1-16-19-14-8-9-15-20(19)24-22(17-10-4-2-5-11-17)21(16)23(25)18-12-6-3-7-13-18/h2-15H,1H3. The van der Waals surface area contributed by atoms with E-state index in [0.29, 0.717) is 11.1 Å². The van der Waals surface area contributed by atoms with Crippen LogP contribution < -0.4 is 0 Å². The highest BCUT2D eigenvalue weighted by Gasteiger charge is 2.20. The number of hydrogen-bond acceptors (Lipinski definition) is 2. The van der Waals surface area contributed by atoms with Crippen molar-refractivity contribution < 1.29 is 4.79 Å². The van der Waals surface area contributed by atoms with E-state index in [1.807, 2.05) is 91.9 Å². The molecule has 0 fully saturated rings. The molecule has 0 aliphatic heterocycles. The molecule has 0 aliphatic carbocycles. The molecule has 0 N–H and O–H groups in total. The van der Waals surface area contributed by atoms with Gasteiger partial charge in [-0.25, -0.2) is 4.98 Å².